The van der Waals surface area contributed by atoms with Gasteiger partial charge in [-0.25, -0.2) is 0 Å². The number of hydrogen-bond donors (Lipinski definition) is 0. The summed E-state index contributed by atoms with van der Waals surface area (Å²) in [6.45, 7) is 4.63. The number of aryl methyl sites for hydroxylation is 1. The van der Waals surface area contributed by atoms with E-state index in [1.807, 2.05) is 24.4 Å². The Balaban J connectivity index is 1.66. The van der Waals surface area contributed by atoms with Gasteiger partial charge < -0.3 is 4.52 Å². The molecule has 20 heavy (non-hydrogen) atoms. The minimum atomic E-state index is 0.119. The fourth-order valence-electron chi connectivity index (χ4n) is 2.77. The zero-order valence-corrected chi connectivity index (χ0v) is 12.4. The molecule has 1 aliphatic rings. The first-order chi connectivity index (χ1) is 9.74. The topological polar surface area (TPSA) is 46.3 Å². The lowest BCUT2D eigenvalue weighted by Crippen LogP contribution is -2.38. The van der Waals surface area contributed by atoms with Crippen molar-refractivity contribution >= 4 is 17.1 Å². The summed E-state index contributed by atoms with van der Waals surface area (Å²) in [4.78, 5) is 15.8. The summed E-state index contributed by atoms with van der Waals surface area (Å²) in [5.74, 6) is 0.426. The van der Waals surface area contributed by atoms with E-state index in [1.165, 1.54) is 0 Å². The van der Waals surface area contributed by atoms with Gasteiger partial charge in [-0.15, -0.1) is 11.3 Å². The molecule has 3 rings (SSSR count). The Bertz CT molecular complexity index is 576. The molecule has 106 valence electrons. The number of rotatable bonds is 4. The summed E-state index contributed by atoms with van der Waals surface area (Å²) in [6.07, 6.45) is 3.65. The van der Waals surface area contributed by atoms with Crippen molar-refractivity contribution in [3.05, 3.63) is 39.9 Å². The van der Waals surface area contributed by atoms with Crippen molar-refractivity contribution in [1.29, 1.82) is 0 Å². The molecule has 5 heteroatoms. The largest absolute Gasteiger partial charge is 0.364 e. The Morgan fingerprint density at radius 2 is 2.45 bits per heavy atom. The summed E-state index contributed by atoms with van der Waals surface area (Å²) in [5.41, 5.74) is 2.04. The third kappa shape index (κ3) is 2.83. The molecule has 1 saturated heterocycles. The molecule has 2 aromatic heterocycles. The predicted octanol–water partition coefficient (Wildman–Crippen LogP) is 3.14. The highest BCUT2D eigenvalue weighted by molar-refractivity contribution is 7.12. The number of nitrogens with zero attached hydrogens (tertiary/aromatic N) is 2. The zero-order valence-electron chi connectivity index (χ0n) is 11.5. The molecule has 0 radical (unpaired) electrons. The van der Waals surface area contributed by atoms with E-state index in [-0.39, 0.29) is 5.92 Å². The quantitative estimate of drug-likeness (QED) is 0.812. The number of carbonyl (C=O) groups excluding carboxylic acids is 1. The Kier molecular flexibility index (Phi) is 3.98. The van der Waals surface area contributed by atoms with Crippen LogP contribution in [0.15, 0.2) is 28.3 Å². The minimum Gasteiger partial charge on any atom is -0.364 e. The van der Waals surface area contributed by atoms with Gasteiger partial charge >= 0.3 is 0 Å². The number of aromatic nitrogens is 1. The van der Waals surface area contributed by atoms with Gasteiger partial charge in [-0.2, -0.15) is 0 Å². The van der Waals surface area contributed by atoms with Gasteiger partial charge in [0, 0.05) is 25.1 Å². The van der Waals surface area contributed by atoms with Crippen LogP contribution in [-0.2, 0) is 6.54 Å². The van der Waals surface area contributed by atoms with Gasteiger partial charge in [0.25, 0.3) is 0 Å². The van der Waals surface area contributed by atoms with E-state index < -0.39 is 0 Å². The first kappa shape index (κ1) is 13.5. The van der Waals surface area contributed by atoms with Gasteiger partial charge in [0.1, 0.15) is 6.26 Å². The lowest BCUT2D eigenvalue weighted by Gasteiger charge is -2.31. The van der Waals surface area contributed by atoms with Crippen LogP contribution in [0.1, 0.15) is 33.8 Å². The van der Waals surface area contributed by atoms with Crippen LogP contribution in [0, 0.1) is 12.8 Å². The predicted molar refractivity (Wildman–Crippen MR) is 77.9 cm³/mol. The molecule has 0 aromatic carbocycles. The Morgan fingerprint density at radius 3 is 3.15 bits per heavy atom. The third-order valence-electron chi connectivity index (χ3n) is 3.84. The van der Waals surface area contributed by atoms with Gasteiger partial charge in [0.15, 0.2) is 5.78 Å². The molecular formula is C15H18N2O2S. The van der Waals surface area contributed by atoms with Crippen molar-refractivity contribution in [2.24, 2.45) is 5.92 Å². The molecule has 1 unspecified atom stereocenters. The van der Waals surface area contributed by atoms with Gasteiger partial charge in [-0.3, -0.25) is 9.69 Å². The van der Waals surface area contributed by atoms with E-state index in [9.17, 15) is 4.79 Å². The van der Waals surface area contributed by atoms with Crippen LogP contribution in [0.4, 0.5) is 0 Å². The molecule has 4 nitrogen and oxygen atoms in total. The molecule has 3 heterocycles. The molecule has 1 atom stereocenters. The summed E-state index contributed by atoms with van der Waals surface area (Å²) in [6, 6.07) is 3.91. The number of piperidine rings is 1. The summed E-state index contributed by atoms with van der Waals surface area (Å²) in [5, 5.41) is 5.94. The Hall–Kier alpha value is -1.46. The molecule has 2 aromatic rings. The second-order valence-electron chi connectivity index (χ2n) is 5.36. The van der Waals surface area contributed by atoms with E-state index in [4.69, 9.17) is 4.52 Å². The van der Waals surface area contributed by atoms with Crippen molar-refractivity contribution in [3.8, 4) is 0 Å². The van der Waals surface area contributed by atoms with E-state index in [0.29, 0.717) is 5.78 Å². The van der Waals surface area contributed by atoms with Crippen molar-refractivity contribution < 1.29 is 9.32 Å². The average molecular weight is 290 g/mol. The maximum Gasteiger partial charge on any atom is 0.177 e. The fraction of sp³-hybridized carbons (Fsp3) is 0.467. The van der Waals surface area contributed by atoms with Crippen LogP contribution >= 0.6 is 11.3 Å². The van der Waals surface area contributed by atoms with E-state index in [1.54, 1.807) is 17.6 Å². The zero-order chi connectivity index (χ0) is 13.9. The molecule has 1 aliphatic heterocycles. The third-order valence-corrected chi connectivity index (χ3v) is 4.87. The molecule has 0 spiro atoms. The highest BCUT2D eigenvalue weighted by Crippen LogP contribution is 2.26. The molecule has 0 saturated carbocycles. The van der Waals surface area contributed by atoms with Crippen molar-refractivity contribution in [2.75, 3.05) is 13.1 Å². The number of Topliss-reactive ketones (excluding diaryl/α,β-unsaturated/α-hetero) is 1. The first-order valence-corrected chi connectivity index (χ1v) is 7.82. The normalized spacial score (nSPS) is 20.1. The fourth-order valence-corrected chi connectivity index (χ4v) is 3.72. The maximum absolute atomic E-state index is 12.6. The second kappa shape index (κ2) is 5.89. The van der Waals surface area contributed by atoms with Crippen LogP contribution in [-0.4, -0.2) is 28.9 Å². The van der Waals surface area contributed by atoms with Crippen LogP contribution in [0.25, 0.3) is 0 Å². The Labute approximate surface area is 122 Å². The summed E-state index contributed by atoms with van der Waals surface area (Å²) >= 11 is 1.56. The van der Waals surface area contributed by atoms with Crippen LogP contribution in [0.3, 0.4) is 0 Å². The monoisotopic (exact) mass is 290 g/mol. The maximum atomic E-state index is 12.6. The van der Waals surface area contributed by atoms with Crippen LogP contribution in [0.5, 0.6) is 0 Å². The minimum absolute atomic E-state index is 0.119. The van der Waals surface area contributed by atoms with Crippen LogP contribution in [0.2, 0.25) is 0 Å². The molecule has 0 N–H and O–H groups in total. The van der Waals surface area contributed by atoms with E-state index >= 15 is 0 Å². The summed E-state index contributed by atoms with van der Waals surface area (Å²) in [7, 11) is 0. The highest BCUT2D eigenvalue weighted by Gasteiger charge is 2.28. The Morgan fingerprint density at radius 1 is 1.55 bits per heavy atom. The average Bonchev–Trinajstić information content (AvgIpc) is 3.10. The lowest BCUT2D eigenvalue weighted by atomic mass is 9.92. The standard InChI is InChI=1S/C15H18N2O2S/c1-11-5-8-20-15(11)14(18)12-3-2-6-17(9-12)10-13-4-7-19-16-13/h4-5,7-8,12H,2-3,6,9-10H2,1H3. The number of thiophene rings is 1. The van der Waals surface area contributed by atoms with Gasteiger partial charge in [-0.05, 0) is 43.3 Å². The molecule has 0 aliphatic carbocycles. The first-order valence-electron chi connectivity index (χ1n) is 6.94. The van der Waals surface area contributed by atoms with Gasteiger partial charge in [0.05, 0.1) is 10.6 Å². The number of carbonyl (C=O) groups is 1. The molecule has 0 amide bonds. The number of hydrogen-bond acceptors (Lipinski definition) is 5. The van der Waals surface area contributed by atoms with Crippen molar-refractivity contribution in [1.82, 2.24) is 10.1 Å². The van der Waals surface area contributed by atoms with Crippen LogP contribution < -0.4 is 0 Å². The number of likely N-dealkylation sites (tertiary alicyclic amines) is 1. The highest BCUT2D eigenvalue weighted by atomic mass is 32.1. The molecular weight excluding hydrogens is 272 g/mol. The van der Waals surface area contributed by atoms with E-state index in [0.717, 1.165) is 48.6 Å². The molecule has 1 fully saturated rings. The molecule has 0 bridgehead atoms. The van der Waals surface area contributed by atoms with Gasteiger partial charge in [0.2, 0.25) is 0 Å². The lowest BCUT2D eigenvalue weighted by molar-refractivity contribution is 0.0812. The second-order valence-corrected chi connectivity index (χ2v) is 6.28. The SMILES string of the molecule is Cc1ccsc1C(=O)C1CCCN(Cc2ccon2)C1. The number of ketones is 1. The summed E-state index contributed by atoms with van der Waals surface area (Å²) < 4.78 is 4.86. The van der Waals surface area contributed by atoms with Crippen molar-refractivity contribution in [2.45, 2.75) is 26.3 Å². The van der Waals surface area contributed by atoms with Gasteiger partial charge in [-0.1, -0.05) is 5.16 Å². The van der Waals surface area contributed by atoms with Crippen molar-refractivity contribution in [3.63, 3.8) is 0 Å². The smallest absolute Gasteiger partial charge is 0.177 e. The van der Waals surface area contributed by atoms with E-state index in [2.05, 4.69) is 10.1 Å².